The van der Waals surface area contributed by atoms with Crippen LogP contribution in [0.15, 0.2) is 45.0 Å². The van der Waals surface area contributed by atoms with E-state index in [4.69, 9.17) is 10.2 Å². The topological polar surface area (TPSA) is 84.9 Å². The first-order valence-corrected chi connectivity index (χ1v) is 6.59. The molecule has 18 heavy (non-hydrogen) atoms. The Morgan fingerprint density at radius 3 is 3.00 bits per heavy atom. The average molecular weight is 265 g/mol. The van der Waals surface area contributed by atoms with E-state index in [-0.39, 0.29) is 16.9 Å². The van der Waals surface area contributed by atoms with Gasteiger partial charge in [0.25, 0.3) is 5.56 Å². The molecule has 0 saturated carbocycles. The predicted octanol–water partition coefficient (Wildman–Crippen LogP) is 1.93. The van der Waals surface area contributed by atoms with Crippen LogP contribution >= 0.6 is 11.8 Å². The fraction of sp³-hybridized carbons (Fsp3) is 0.333. The van der Waals surface area contributed by atoms with Crippen molar-refractivity contribution < 1.29 is 4.42 Å². The van der Waals surface area contributed by atoms with Gasteiger partial charge in [-0.3, -0.25) is 4.79 Å². The Kier molecular flexibility index (Phi) is 4.22. The molecule has 2 heterocycles. The first-order chi connectivity index (χ1) is 8.70. The molecule has 0 spiro atoms. The first kappa shape index (κ1) is 12.9. The van der Waals surface area contributed by atoms with Crippen LogP contribution in [0.4, 0.5) is 0 Å². The standard InChI is InChI=1S/C12H15N3O2S/c1-2-8(13)11(9-4-3-7-17-9)18-12-14-6-5-10(16)15-12/h3-8,11H,2,13H2,1H3,(H,14,15,16). The van der Waals surface area contributed by atoms with E-state index in [1.165, 1.54) is 24.0 Å². The zero-order valence-electron chi connectivity index (χ0n) is 10.00. The third kappa shape index (κ3) is 3.02. The Labute approximate surface area is 109 Å². The third-order valence-electron chi connectivity index (χ3n) is 2.57. The molecule has 0 bridgehead atoms. The number of rotatable bonds is 5. The number of aromatic amines is 1. The molecule has 2 atom stereocenters. The molecule has 2 unspecified atom stereocenters. The maximum atomic E-state index is 11.2. The molecule has 2 aromatic heterocycles. The fourth-order valence-electron chi connectivity index (χ4n) is 1.56. The molecule has 0 aliphatic heterocycles. The summed E-state index contributed by atoms with van der Waals surface area (Å²) in [5.41, 5.74) is 5.92. The molecule has 96 valence electrons. The highest BCUT2D eigenvalue weighted by Gasteiger charge is 2.23. The van der Waals surface area contributed by atoms with Crippen LogP contribution in [0.3, 0.4) is 0 Å². The van der Waals surface area contributed by atoms with Gasteiger partial charge >= 0.3 is 0 Å². The normalized spacial score (nSPS) is 14.3. The molecule has 5 nitrogen and oxygen atoms in total. The van der Waals surface area contributed by atoms with Gasteiger partial charge in [-0.05, 0) is 18.6 Å². The second-order valence-corrected chi connectivity index (χ2v) is 5.00. The molecular weight excluding hydrogens is 250 g/mol. The Balaban J connectivity index is 2.23. The minimum Gasteiger partial charge on any atom is -0.468 e. The molecular formula is C12H15N3O2S. The lowest BCUT2D eigenvalue weighted by atomic mass is 10.1. The van der Waals surface area contributed by atoms with Crippen molar-refractivity contribution in [3.63, 3.8) is 0 Å². The fourth-order valence-corrected chi connectivity index (χ4v) is 2.70. The van der Waals surface area contributed by atoms with E-state index < -0.39 is 0 Å². The highest BCUT2D eigenvalue weighted by Crippen LogP contribution is 2.36. The van der Waals surface area contributed by atoms with Crippen LogP contribution in [0.25, 0.3) is 0 Å². The van der Waals surface area contributed by atoms with Crippen molar-refractivity contribution in [3.05, 3.63) is 46.8 Å². The van der Waals surface area contributed by atoms with Gasteiger partial charge in [0.15, 0.2) is 5.16 Å². The highest BCUT2D eigenvalue weighted by molar-refractivity contribution is 7.99. The summed E-state index contributed by atoms with van der Waals surface area (Å²) >= 11 is 1.41. The van der Waals surface area contributed by atoms with E-state index in [0.717, 1.165) is 12.2 Å². The van der Waals surface area contributed by atoms with Crippen LogP contribution in [0.1, 0.15) is 24.4 Å². The number of nitrogens with two attached hydrogens (primary N) is 1. The Hall–Kier alpha value is -1.53. The van der Waals surface area contributed by atoms with Crippen molar-refractivity contribution in [2.45, 2.75) is 29.8 Å². The van der Waals surface area contributed by atoms with E-state index in [9.17, 15) is 4.79 Å². The molecule has 0 aliphatic carbocycles. The number of H-pyrrole nitrogens is 1. The van der Waals surface area contributed by atoms with Crippen molar-refractivity contribution >= 4 is 11.8 Å². The molecule has 0 amide bonds. The molecule has 2 aromatic rings. The Morgan fingerprint density at radius 1 is 1.56 bits per heavy atom. The SMILES string of the molecule is CCC(N)C(Sc1nccc(=O)[nH]1)c1ccco1. The molecule has 0 aromatic carbocycles. The monoisotopic (exact) mass is 265 g/mol. The van der Waals surface area contributed by atoms with Crippen molar-refractivity contribution in [1.82, 2.24) is 9.97 Å². The number of aromatic nitrogens is 2. The van der Waals surface area contributed by atoms with Crippen molar-refractivity contribution in [1.29, 1.82) is 0 Å². The second kappa shape index (κ2) is 5.88. The van der Waals surface area contributed by atoms with Crippen LogP contribution < -0.4 is 11.3 Å². The van der Waals surface area contributed by atoms with Crippen LogP contribution in [-0.4, -0.2) is 16.0 Å². The summed E-state index contributed by atoms with van der Waals surface area (Å²) in [6, 6.07) is 5.03. The molecule has 0 saturated heterocycles. The summed E-state index contributed by atoms with van der Waals surface area (Å²) in [5.74, 6) is 0.792. The molecule has 0 radical (unpaired) electrons. The number of thioether (sulfide) groups is 1. The van der Waals surface area contributed by atoms with E-state index in [1.807, 2.05) is 19.1 Å². The average Bonchev–Trinajstić information content (AvgIpc) is 2.89. The smallest absolute Gasteiger partial charge is 0.251 e. The number of hydrogen-bond donors (Lipinski definition) is 2. The van der Waals surface area contributed by atoms with Gasteiger partial charge in [-0.1, -0.05) is 18.7 Å². The third-order valence-corrected chi connectivity index (χ3v) is 3.84. The molecule has 2 rings (SSSR count). The molecule has 6 heteroatoms. The first-order valence-electron chi connectivity index (χ1n) is 5.71. The van der Waals surface area contributed by atoms with Gasteiger partial charge < -0.3 is 15.1 Å². The van der Waals surface area contributed by atoms with Gasteiger partial charge in [-0.2, -0.15) is 0 Å². The summed E-state index contributed by atoms with van der Waals surface area (Å²) in [6.45, 7) is 2.02. The highest BCUT2D eigenvalue weighted by atomic mass is 32.2. The lowest BCUT2D eigenvalue weighted by molar-refractivity contribution is 0.473. The second-order valence-electron chi connectivity index (χ2n) is 3.87. The van der Waals surface area contributed by atoms with E-state index in [2.05, 4.69) is 9.97 Å². The van der Waals surface area contributed by atoms with E-state index in [0.29, 0.717) is 5.16 Å². The van der Waals surface area contributed by atoms with Crippen LogP contribution in [0.2, 0.25) is 0 Å². The molecule has 0 fully saturated rings. The molecule has 3 N–H and O–H groups in total. The number of furan rings is 1. The summed E-state index contributed by atoms with van der Waals surface area (Å²) in [6.07, 6.45) is 3.92. The van der Waals surface area contributed by atoms with Gasteiger partial charge in [0.2, 0.25) is 0 Å². The minimum atomic E-state index is -0.171. The quantitative estimate of drug-likeness (QED) is 0.637. The van der Waals surface area contributed by atoms with E-state index >= 15 is 0 Å². The maximum Gasteiger partial charge on any atom is 0.251 e. The molecule has 0 aliphatic rings. The van der Waals surface area contributed by atoms with Crippen LogP contribution in [-0.2, 0) is 0 Å². The van der Waals surface area contributed by atoms with Gasteiger partial charge in [0.05, 0.1) is 11.5 Å². The van der Waals surface area contributed by atoms with E-state index in [1.54, 1.807) is 6.26 Å². The Bertz CT molecular complexity index is 538. The zero-order chi connectivity index (χ0) is 13.0. The number of nitrogens with zero attached hydrogens (tertiary/aromatic N) is 1. The Morgan fingerprint density at radius 2 is 2.39 bits per heavy atom. The van der Waals surface area contributed by atoms with Gasteiger partial charge in [-0.25, -0.2) is 4.98 Å². The minimum absolute atomic E-state index is 0.0597. The number of nitrogens with one attached hydrogen (secondary N) is 1. The largest absolute Gasteiger partial charge is 0.468 e. The summed E-state index contributed by atoms with van der Waals surface area (Å²) in [7, 11) is 0. The van der Waals surface area contributed by atoms with Crippen LogP contribution in [0.5, 0.6) is 0 Å². The van der Waals surface area contributed by atoms with Gasteiger partial charge in [0.1, 0.15) is 5.76 Å². The maximum absolute atomic E-state index is 11.2. The summed E-state index contributed by atoms with van der Waals surface area (Å²) in [4.78, 5) is 18.0. The van der Waals surface area contributed by atoms with Crippen molar-refractivity contribution in [2.75, 3.05) is 0 Å². The zero-order valence-corrected chi connectivity index (χ0v) is 10.8. The van der Waals surface area contributed by atoms with Crippen LogP contribution in [0, 0.1) is 0 Å². The van der Waals surface area contributed by atoms with Gasteiger partial charge in [-0.15, -0.1) is 0 Å². The predicted molar refractivity (Wildman–Crippen MR) is 70.4 cm³/mol. The lowest BCUT2D eigenvalue weighted by Gasteiger charge is -2.19. The summed E-state index contributed by atoms with van der Waals surface area (Å²) < 4.78 is 5.40. The summed E-state index contributed by atoms with van der Waals surface area (Å²) in [5, 5.41) is 0.489. The van der Waals surface area contributed by atoms with Crippen molar-refractivity contribution in [2.24, 2.45) is 5.73 Å². The van der Waals surface area contributed by atoms with Crippen molar-refractivity contribution in [3.8, 4) is 0 Å². The lowest BCUT2D eigenvalue weighted by Crippen LogP contribution is -2.25. The number of hydrogen-bond acceptors (Lipinski definition) is 5. The van der Waals surface area contributed by atoms with Gasteiger partial charge in [0, 0.05) is 18.3 Å².